The topological polar surface area (TPSA) is 333 Å². The molecule has 12 rings (SSSR count). The number of carbonyl (C=O) groups is 4. The summed E-state index contributed by atoms with van der Waals surface area (Å²) in [6.07, 6.45) is 18.0. The van der Waals surface area contributed by atoms with Crippen molar-refractivity contribution in [3.05, 3.63) is 190 Å². The Morgan fingerprint density at radius 2 is 0.832 bits per heavy atom. The fourth-order valence-electron chi connectivity index (χ4n) is 8.76. The van der Waals surface area contributed by atoms with Crippen LogP contribution < -0.4 is 5.32 Å². The van der Waals surface area contributed by atoms with E-state index in [0.717, 1.165) is 56.3 Å². The van der Waals surface area contributed by atoms with E-state index < -0.39 is 28.9 Å². The number of aromatic nitrogens is 7. The average Bonchev–Trinajstić information content (AvgIpc) is 1.88. The van der Waals surface area contributed by atoms with Crippen molar-refractivity contribution in [2.75, 3.05) is 72.4 Å². The SMILES string of the molecule is COC(=O)/C(=N/O[C@@H]1CCOC1)c1ccc(-c2cnccn2)cc1.COC(=O)/C(=N/O[C@@H]1CCOC1)c1ccc(I)cc1.O=C(Nc1ncc(F)s1)/C(=N/O[C@@H]1CCOC1)c1ccc(-c2cnccn2)cc1.O=C(O)/C(=N/O[C@@H]1CCOC1)c1ccc(-c2cnccn2)cc1.[2H-].[2H-].[2H-].[2H-].[2H-].[2H-].[2H-].[2H-].[2H-].[2H-].[2H-].[2H-].[2H-].[2H-].[2H-].[2H-].[2H-].[2H-].[2H-].[2H-].[2H-].[2H-].[2H-].[2H-].[2H-].[2H-].[2H-].[2H-].[2H-].[2H-].[2H-].[2H-].[2H-].[2H-].[2H-].[2H-].[2H-].[2H-].[2H-].[2H-].[2H-].[2H-].[2H-].[2H-].[2H-].[2H-].[2H-].[2H-].[2H-].[2H-].[2H-].[2H-].[2H-].[2H-].[2H-].[2H-].[2H-].[2H-].[2H-].[2H-].[2H-].[2H-].[2H-].[2H-].[2H-].[2H-].[2H-].[2H-].[2H-].[2H-].[2H-].[2H-].[2H-].[2H-].[2H-].[2H-].[2H-].[2H-].[2H-].[2H-].[2H-].[2H-].[2H-].[2H-].[2H-].[2H-].[2H-]. The van der Waals surface area contributed by atoms with E-state index in [4.69, 9.17) is 47.8 Å². The lowest BCUT2D eigenvalue weighted by Gasteiger charge is -2.10. The number of carboxylic acids is 1. The van der Waals surface area contributed by atoms with Crippen LogP contribution in [0.1, 0.15) is 172 Å². The normalized spacial score (nSPS) is 17.7. The number of hydrogen-bond donors (Lipinski definition) is 2. The van der Waals surface area contributed by atoms with Gasteiger partial charge < -0.3 is 177 Å². The van der Waals surface area contributed by atoms with Crippen molar-refractivity contribution in [3.8, 4) is 33.8 Å². The maximum absolute atomic E-state index is 13.2. The molecule has 4 fully saturated rings. The Labute approximate surface area is 690 Å². The van der Waals surface area contributed by atoms with Crippen LogP contribution in [0, 0.1) is 8.70 Å². The highest BCUT2D eigenvalue weighted by Crippen LogP contribution is 2.23. The summed E-state index contributed by atoms with van der Waals surface area (Å²) in [6, 6.07) is 28.6. The number of thiazole rings is 1. The van der Waals surface area contributed by atoms with Crippen LogP contribution >= 0.6 is 33.9 Å². The summed E-state index contributed by atoms with van der Waals surface area (Å²) in [5, 5.41) is 27.3. The number of carboxylic acid groups (broad SMARTS) is 1. The molecule has 666 valence electrons. The highest BCUT2D eigenvalue weighted by Gasteiger charge is 2.25. The van der Waals surface area contributed by atoms with Gasteiger partial charge in [0.2, 0.25) is 0 Å². The largest absolute Gasteiger partial charge is 1.00 e. The molecule has 8 heterocycles. The molecule has 0 bridgehead atoms. The third-order valence-corrected chi connectivity index (χ3v) is 15.2. The predicted octanol–water partition coefficient (Wildman–Crippen LogP) is 18.2. The van der Waals surface area contributed by atoms with Crippen LogP contribution in [0.5, 0.6) is 0 Å². The van der Waals surface area contributed by atoms with Crippen LogP contribution in [-0.2, 0) is 66.9 Å². The average molecular weight is 1600 g/mol. The Morgan fingerprint density at radius 3 is 1.14 bits per heavy atom. The Morgan fingerprint density at radius 1 is 0.495 bits per heavy atom. The van der Waals surface area contributed by atoms with E-state index in [-0.39, 0.29) is 177 Å². The molecule has 1 amide bonds. The van der Waals surface area contributed by atoms with Crippen LogP contribution in [0.15, 0.2) is 180 Å². The quantitative estimate of drug-likeness (QED) is 0.0310. The van der Waals surface area contributed by atoms with Crippen LogP contribution in [0.4, 0.5) is 9.52 Å². The van der Waals surface area contributed by atoms with Gasteiger partial charge in [0.25, 0.3) is 5.91 Å². The summed E-state index contributed by atoms with van der Waals surface area (Å²) < 4.78 is 44.6. The van der Waals surface area contributed by atoms with Crippen molar-refractivity contribution < 1.29 is 201 Å². The van der Waals surface area contributed by atoms with Crippen molar-refractivity contribution in [1.29, 1.82) is 0 Å². The maximum Gasteiger partial charge on any atom is 0.360 e. The van der Waals surface area contributed by atoms with Crippen molar-refractivity contribution in [2.24, 2.45) is 20.6 Å². The summed E-state index contributed by atoms with van der Waals surface area (Å²) in [4.78, 5) is 97.9. The van der Waals surface area contributed by atoms with Gasteiger partial charge in [-0.25, -0.2) is 19.4 Å². The van der Waals surface area contributed by atoms with Crippen LogP contribution in [-0.4, -0.2) is 178 Å². The maximum atomic E-state index is 13.2. The van der Waals surface area contributed by atoms with Crippen molar-refractivity contribution in [3.63, 3.8) is 0 Å². The molecule has 95 heavy (non-hydrogen) atoms. The van der Waals surface area contributed by atoms with Gasteiger partial charge in [-0.05, 0) is 34.7 Å². The van der Waals surface area contributed by atoms with E-state index in [1.165, 1.54) is 14.2 Å². The minimum atomic E-state index is -1.14. The number of nitrogens with zero attached hydrogens (tertiary/aromatic N) is 11. The second-order valence-corrected chi connectivity index (χ2v) is 22.6. The molecule has 30 heteroatoms. The predicted molar refractivity (Wildman–Crippen MR) is 448 cm³/mol. The molecule has 0 unspecified atom stereocenters. The summed E-state index contributed by atoms with van der Waals surface area (Å²) in [5.74, 6) is -2.76. The standard InChI is InChI=1S/C19H16FN5O3S.C17H17N3O4.C16H15N3O4.C13H14INO4.87H/c20-16-10-23-19(29-16)24-18(26)17(25-28-14-5-8-27-11-14)13-3-1-12(2-4-13)15-9-21-6-7-22-15;1-22-17(21)16(20-24-14-6-9-23-11-14)13-4-2-12(3-5-13)15-10-18-7-8-19-15;20-16(21)15(19-23-13-5-8-22-10-13)12-3-1-11(2-4-12)14-9-17-6-7-18-14;1-17-13(16)12(9-2-4-10(14)5-3-9)15-19-11-6-7-18-8-11;;;;;;;;;;;;;;;;;;;;;;;;;;;;;;;;;;;;;;;;;;;;;;;;;;;;;;;;;;;;;;;;;;;;;;;;;;;;;;;;;;;;;;;/h1-4,6-7,9-10,14H,5,8,11H2,(H,23,24,26);2-5,7-8,10,14H,6,9,11H2,1H3;1-4,6-7,9,13H,5,8,10H2,(H,20,21);2-5,11H,6-8H2,1H3;;;;;;;;;;;;;;;;;;;;;;;;;;;;;;;;;;;;;;;;;;;;;;;;;;;;;;;;;;;;;;;;;;;;;;;;;;;;;;;;;;;;;;;/q;;;;87*-1/b25-17+;20-16+;19-15+;15-12+;;;;;;;;;;;;;;;;;;;;;;;;;;;;;;;;;;;;;;;;;;;;;;;;;;;;;;;;;;;;;;;;;;;;;;;;;;;;;;;;;;;;;;;/t2*14-;13-;11-;;;;;;;;;;;;;;;;;;;;;;;;;;;;;;;;;;;;;;;;;;;;;;;;;;;;;;;;;;;;;;;;;;;;;;;;;;;;;;;;;;;;;;;/m1111......................................................................................./s1/i;;;;87*1+1. The van der Waals surface area contributed by atoms with Crippen LogP contribution in [0.2, 0.25) is 0 Å². The van der Waals surface area contributed by atoms with Crippen molar-refractivity contribution >= 4 is 85.7 Å². The van der Waals surface area contributed by atoms with Gasteiger partial charge in [-0.1, -0.05) is 117 Å². The number of oxime groups is 4. The number of hydrogen-bond acceptors (Lipinski definition) is 26. The Hall–Kier alpha value is -9.99. The number of halogens is 2. The van der Waals surface area contributed by atoms with Gasteiger partial charge in [0.15, 0.2) is 57.5 Å². The van der Waals surface area contributed by atoms with E-state index in [0.29, 0.717) is 99.3 Å². The Bertz CT molecular complexity index is 4060. The monoisotopic (exact) mass is 1600 g/mol. The first-order valence-electron chi connectivity index (χ1n) is 29.4. The molecule has 27 nitrogen and oxygen atoms in total. The number of carbonyl (C=O) groups excluding carboxylic acids is 3. The van der Waals surface area contributed by atoms with Gasteiger partial charge in [-0.2, -0.15) is 4.39 Å². The highest BCUT2D eigenvalue weighted by atomic mass is 127. The zero-order valence-electron chi connectivity index (χ0n) is 138. The summed E-state index contributed by atoms with van der Waals surface area (Å²) >= 11 is 2.93. The minimum absolute atomic E-state index is 0. The number of esters is 2. The van der Waals surface area contributed by atoms with E-state index in [2.05, 4.69) is 83.4 Å². The van der Waals surface area contributed by atoms with Crippen LogP contribution in [0.25, 0.3) is 33.8 Å². The highest BCUT2D eigenvalue weighted by molar-refractivity contribution is 14.1. The van der Waals surface area contributed by atoms with Gasteiger partial charge in [-0.15, -0.1) is 0 Å². The molecule has 4 aromatic heterocycles. The lowest BCUT2D eigenvalue weighted by molar-refractivity contribution is -0.133. The second-order valence-electron chi connectivity index (χ2n) is 20.3. The van der Waals surface area contributed by atoms with Gasteiger partial charge in [0.05, 0.1) is 109 Å². The number of benzene rings is 4. The first kappa shape index (κ1) is 69.4. The molecule has 0 spiro atoms. The number of ether oxygens (including phenoxy) is 6. The molecule has 8 aromatic rings. The van der Waals surface area contributed by atoms with Gasteiger partial charge in [0.1, 0.15) is 0 Å². The zero-order valence-corrected chi connectivity index (χ0v) is 54.0. The second kappa shape index (κ2) is 36.5. The summed E-state index contributed by atoms with van der Waals surface area (Å²) in [7, 11) is 2.63. The van der Waals surface area contributed by atoms with Crippen molar-refractivity contribution in [1.82, 2.24) is 34.9 Å². The molecule has 4 atom stereocenters. The van der Waals surface area contributed by atoms with Crippen LogP contribution in [0.3, 0.4) is 0 Å². The van der Waals surface area contributed by atoms with E-state index in [9.17, 15) is 28.7 Å². The lowest BCUT2D eigenvalue weighted by atomic mass is 10.1. The number of aliphatic carboxylic acids is 1. The fourth-order valence-corrected chi connectivity index (χ4v) is 9.66. The number of anilines is 1. The number of amides is 1. The molecule has 4 aromatic carbocycles. The zero-order chi connectivity index (χ0) is 66.6. The van der Waals surface area contributed by atoms with E-state index >= 15 is 0 Å². The van der Waals surface area contributed by atoms with Gasteiger partial charge >= 0.3 is 17.9 Å². The Balaban J connectivity index is -0.00000000874. The van der Waals surface area contributed by atoms with Crippen molar-refractivity contribution in [2.45, 2.75) is 50.1 Å². The van der Waals surface area contributed by atoms with Gasteiger partial charge in [0, 0.05) is 105 Å². The third kappa shape index (κ3) is 21.3. The summed E-state index contributed by atoms with van der Waals surface area (Å²) in [5.41, 5.74) is 7.23. The Kier molecular flexibility index (Phi) is 26.6. The molecule has 4 aliphatic rings. The minimum Gasteiger partial charge on any atom is -1.00 e. The first-order chi connectivity index (χ1) is 46.4. The van der Waals surface area contributed by atoms with Gasteiger partial charge in [-0.3, -0.25) is 40.0 Å². The smallest absolute Gasteiger partial charge is 0.360 e. The molecule has 0 saturated carbocycles. The first-order valence-corrected chi connectivity index (χ1v) is 31.3. The molecular formula is C65H149FIN12O15S-87. The molecule has 0 aliphatic carbocycles. The lowest BCUT2D eigenvalue weighted by Crippen LogP contribution is -2.25. The fraction of sp³-hybridized carbons (Fsp3) is 0.277. The number of methoxy groups -OCH3 is 2. The third-order valence-electron chi connectivity index (χ3n) is 13.8. The van der Waals surface area contributed by atoms with E-state index in [1.807, 2.05) is 48.5 Å². The number of nitrogens with one attached hydrogen (secondary N) is 1. The molecule has 4 saturated heterocycles. The summed E-state index contributed by atoms with van der Waals surface area (Å²) in [6.45, 7) is 4.33. The van der Waals surface area contributed by atoms with E-state index in [1.54, 1.807) is 104 Å². The number of rotatable bonds is 20. The molecular weight excluding hydrogens is 1370 g/mol. The molecule has 4 aliphatic heterocycles. The molecule has 2 N–H and O–H groups in total. The molecule has 0 radical (unpaired) electrons.